The number of amides is 1. The van der Waals surface area contributed by atoms with Gasteiger partial charge in [-0.1, -0.05) is 41.4 Å². The second-order valence-electron chi connectivity index (χ2n) is 6.39. The zero-order valence-electron chi connectivity index (χ0n) is 15.3. The van der Waals surface area contributed by atoms with Crippen molar-refractivity contribution < 1.29 is 9.53 Å². The lowest BCUT2D eigenvalue weighted by molar-refractivity contribution is -0.129. The first-order valence-electron chi connectivity index (χ1n) is 8.61. The molecule has 1 heterocycles. The number of carbonyl (C=O) groups is 1. The van der Waals surface area contributed by atoms with Crippen LogP contribution in [-0.4, -0.2) is 22.8 Å². The number of rotatable bonds is 7. The Balaban J connectivity index is 1.50. The van der Waals surface area contributed by atoms with Crippen LogP contribution in [0.3, 0.4) is 0 Å². The summed E-state index contributed by atoms with van der Waals surface area (Å²) in [5.41, 5.74) is 3.01. The molecule has 0 spiro atoms. The van der Waals surface area contributed by atoms with Gasteiger partial charge >= 0.3 is 0 Å². The van der Waals surface area contributed by atoms with E-state index in [0.717, 1.165) is 22.0 Å². The van der Waals surface area contributed by atoms with Crippen LogP contribution in [0.2, 0.25) is 5.02 Å². The maximum Gasteiger partial charge on any atom is 0.228 e. The maximum absolute atomic E-state index is 12.4. The number of aryl methyl sites for hydroxylation is 1. The molecule has 3 rings (SSSR count). The molecule has 0 atom stereocenters. The molecule has 1 amide bonds. The Bertz CT molecular complexity index is 891. The lowest BCUT2D eigenvalue weighted by Gasteiger charge is -2.16. The molecular weight excluding hydrogens is 380 g/mol. The van der Waals surface area contributed by atoms with Crippen molar-refractivity contribution in [3.8, 4) is 5.75 Å². The molecule has 0 aliphatic rings. The van der Waals surface area contributed by atoms with Crippen LogP contribution in [0.1, 0.15) is 21.8 Å². The van der Waals surface area contributed by atoms with Gasteiger partial charge < -0.3 is 9.64 Å². The summed E-state index contributed by atoms with van der Waals surface area (Å²) >= 11 is 7.40. The molecule has 0 N–H and O–H groups in total. The summed E-state index contributed by atoms with van der Waals surface area (Å²) in [5.74, 6) is 0.845. The number of ether oxygens (including phenoxy) is 1. The number of nitrogens with zero attached hydrogens (tertiary/aromatic N) is 2. The highest BCUT2D eigenvalue weighted by atomic mass is 35.5. The molecule has 0 aliphatic carbocycles. The molecule has 6 heteroatoms. The van der Waals surface area contributed by atoms with Crippen LogP contribution in [0.5, 0.6) is 5.75 Å². The standard InChI is InChI=1S/C21H21ClN2O2S/c1-15-3-9-19(10-4-15)26-13-20-23-18(14-27-20)11-21(25)24(2)12-16-5-7-17(22)8-6-16/h3-10,14H,11-13H2,1-2H3. The number of benzene rings is 2. The number of carbonyl (C=O) groups excluding carboxylic acids is 1. The Morgan fingerprint density at radius 1 is 1.15 bits per heavy atom. The normalized spacial score (nSPS) is 10.6. The van der Waals surface area contributed by atoms with Crippen molar-refractivity contribution in [2.45, 2.75) is 26.5 Å². The van der Waals surface area contributed by atoms with Crippen molar-refractivity contribution in [2.24, 2.45) is 0 Å². The predicted octanol–water partition coefficient (Wildman–Crippen LogP) is 4.89. The van der Waals surface area contributed by atoms with Gasteiger partial charge in [0.1, 0.15) is 17.4 Å². The van der Waals surface area contributed by atoms with E-state index in [1.807, 2.05) is 60.8 Å². The Kier molecular flexibility index (Phi) is 6.48. The molecular formula is C21H21ClN2O2S. The van der Waals surface area contributed by atoms with Gasteiger partial charge in [-0.05, 0) is 36.8 Å². The average Bonchev–Trinajstić information content (AvgIpc) is 3.10. The van der Waals surface area contributed by atoms with Crippen LogP contribution < -0.4 is 4.74 Å². The molecule has 1 aromatic heterocycles. The number of hydrogen-bond acceptors (Lipinski definition) is 4. The monoisotopic (exact) mass is 400 g/mol. The molecule has 140 valence electrons. The second-order valence-corrected chi connectivity index (χ2v) is 7.77. The van der Waals surface area contributed by atoms with Crippen molar-refractivity contribution in [1.29, 1.82) is 0 Å². The number of aromatic nitrogens is 1. The largest absolute Gasteiger partial charge is 0.486 e. The molecule has 2 aromatic carbocycles. The van der Waals surface area contributed by atoms with E-state index in [2.05, 4.69) is 4.98 Å². The summed E-state index contributed by atoms with van der Waals surface area (Å²) in [6, 6.07) is 15.4. The topological polar surface area (TPSA) is 42.4 Å². The molecule has 0 saturated heterocycles. The highest BCUT2D eigenvalue weighted by Gasteiger charge is 2.13. The van der Waals surface area contributed by atoms with E-state index in [9.17, 15) is 4.79 Å². The highest BCUT2D eigenvalue weighted by molar-refractivity contribution is 7.09. The summed E-state index contributed by atoms with van der Waals surface area (Å²) in [4.78, 5) is 18.6. The summed E-state index contributed by atoms with van der Waals surface area (Å²) in [6.07, 6.45) is 0.283. The summed E-state index contributed by atoms with van der Waals surface area (Å²) < 4.78 is 5.74. The van der Waals surface area contributed by atoms with Gasteiger partial charge in [-0.25, -0.2) is 4.98 Å². The summed E-state index contributed by atoms with van der Waals surface area (Å²) in [6.45, 7) is 2.99. The van der Waals surface area contributed by atoms with Gasteiger partial charge in [0.2, 0.25) is 5.91 Å². The van der Waals surface area contributed by atoms with E-state index in [-0.39, 0.29) is 12.3 Å². The van der Waals surface area contributed by atoms with E-state index in [4.69, 9.17) is 16.3 Å². The van der Waals surface area contributed by atoms with E-state index < -0.39 is 0 Å². The number of halogens is 1. The van der Waals surface area contributed by atoms with Crippen molar-refractivity contribution >= 4 is 28.8 Å². The molecule has 3 aromatic rings. The third kappa shape index (κ3) is 5.81. The van der Waals surface area contributed by atoms with E-state index in [1.165, 1.54) is 16.9 Å². The fourth-order valence-electron chi connectivity index (χ4n) is 2.52. The first-order chi connectivity index (χ1) is 13.0. The second kappa shape index (κ2) is 9.02. The van der Waals surface area contributed by atoms with E-state index in [0.29, 0.717) is 18.2 Å². The van der Waals surface area contributed by atoms with Crippen LogP contribution in [-0.2, 0) is 24.4 Å². The molecule has 0 radical (unpaired) electrons. The molecule has 4 nitrogen and oxygen atoms in total. The molecule has 27 heavy (non-hydrogen) atoms. The van der Waals surface area contributed by atoms with Gasteiger partial charge in [0.25, 0.3) is 0 Å². The van der Waals surface area contributed by atoms with E-state index >= 15 is 0 Å². The van der Waals surface area contributed by atoms with Crippen LogP contribution in [0.25, 0.3) is 0 Å². The predicted molar refractivity (Wildman–Crippen MR) is 109 cm³/mol. The Morgan fingerprint density at radius 2 is 1.85 bits per heavy atom. The van der Waals surface area contributed by atoms with Crippen LogP contribution in [0.4, 0.5) is 0 Å². The Morgan fingerprint density at radius 3 is 2.56 bits per heavy atom. The minimum atomic E-state index is 0.0289. The van der Waals surface area contributed by atoms with Crippen LogP contribution in [0, 0.1) is 6.92 Å². The molecule has 0 bridgehead atoms. The minimum Gasteiger partial charge on any atom is -0.486 e. The molecule has 0 fully saturated rings. The molecule has 0 aliphatic heterocycles. The van der Waals surface area contributed by atoms with Gasteiger partial charge in [0.05, 0.1) is 12.1 Å². The quantitative estimate of drug-likeness (QED) is 0.567. The fraction of sp³-hybridized carbons (Fsp3) is 0.238. The van der Waals surface area contributed by atoms with Crippen molar-refractivity contribution in [3.63, 3.8) is 0 Å². The Labute approximate surface area is 168 Å². The zero-order chi connectivity index (χ0) is 19.2. The number of hydrogen-bond donors (Lipinski definition) is 0. The maximum atomic E-state index is 12.4. The first-order valence-corrected chi connectivity index (χ1v) is 9.86. The van der Waals surface area contributed by atoms with Gasteiger partial charge in [0, 0.05) is 24.0 Å². The highest BCUT2D eigenvalue weighted by Crippen LogP contribution is 2.17. The summed E-state index contributed by atoms with van der Waals surface area (Å²) in [5, 5.41) is 3.47. The van der Waals surface area contributed by atoms with Gasteiger partial charge in [-0.2, -0.15) is 0 Å². The van der Waals surface area contributed by atoms with E-state index in [1.54, 1.807) is 11.9 Å². The van der Waals surface area contributed by atoms with Crippen LogP contribution in [0.15, 0.2) is 53.9 Å². The lowest BCUT2D eigenvalue weighted by atomic mass is 10.2. The molecule has 0 unspecified atom stereocenters. The fourth-order valence-corrected chi connectivity index (χ4v) is 3.35. The number of likely N-dealkylation sites (N-methyl/N-ethyl adjacent to an activating group) is 1. The third-order valence-electron chi connectivity index (χ3n) is 4.07. The number of thiazole rings is 1. The van der Waals surface area contributed by atoms with Crippen molar-refractivity contribution in [3.05, 3.63) is 80.8 Å². The minimum absolute atomic E-state index is 0.0289. The van der Waals surface area contributed by atoms with Gasteiger partial charge in [-0.3, -0.25) is 4.79 Å². The Hall–Kier alpha value is -2.37. The lowest BCUT2D eigenvalue weighted by Crippen LogP contribution is -2.27. The van der Waals surface area contributed by atoms with Gasteiger partial charge in [-0.15, -0.1) is 11.3 Å². The molecule has 0 saturated carbocycles. The van der Waals surface area contributed by atoms with Gasteiger partial charge in [0.15, 0.2) is 0 Å². The zero-order valence-corrected chi connectivity index (χ0v) is 16.9. The average molecular weight is 401 g/mol. The van der Waals surface area contributed by atoms with Crippen LogP contribution >= 0.6 is 22.9 Å². The smallest absolute Gasteiger partial charge is 0.228 e. The van der Waals surface area contributed by atoms with Crippen molar-refractivity contribution in [2.75, 3.05) is 7.05 Å². The third-order valence-corrected chi connectivity index (χ3v) is 5.20. The van der Waals surface area contributed by atoms with Crippen molar-refractivity contribution in [1.82, 2.24) is 9.88 Å². The first kappa shape index (κ1) is 19.4. The summed E-state index contributed by atoms with van der Waals surface area (Å²) in [7, 11) is 1.80. The SMILES string of the molecule is Cc1ccc(OCc2nc(CC(=O)N(C)Cc3ccc(Cl)cc3)cs2)cc1.